The number of ether oxygens (including phenoxy) is 1. The van der Waals surface area contributed by atoms with Crippen molar-refractivity contribution >= 4 is 27.1 Å². The highest BCUT2D eigenvalue weighted by Crippen LogP contribution is 2.20. The molecule has 0 aliphatic carbocycles. The summed E-state index contributed by atoms with van der Waals surface area (Å²) in [5.74, 6) is 0.559. The lowest BCUT2D eigenvalue weighted by molar-refractivity contribution is 0.0936. The first-order chi connectivity index (χ1) is 12.4. The minimum absolute atomic E-state index is 0.00385. The van der Waals surface area contributed by atoms with Crippen molar-refractivity contribution in [1.82, 2.24) is 10.3 Å². The first kappa shape index (κ1) is 18.2. The number of nitrogens with one attached hydrogen (secondary N) is 2. The van der Waals surface area contributed by atoms with Gasteiger partial charge in [-0.05, 0) is 49.7 Å². The molecule has 1 aromatic carbocycles. The number of hydrogen-bond donors (Lipinski definition) is 2. The van der Waals surface area contributed by atoms with Crippen molar-refractivity contribution in [1.29, 1.82) is 0 Å². The topological polar surface area (TPSA) is 97.4 Å². The van der Waals surface area contributed by atoms with Gasteiger partial charge in [-0.15, -0.1) is 0 Å². The van der Waals surface area contributed by atoms with Gasteiger partial charge in [-0.25, -0.2) is 13.4 Å². The number of carbonyl (C=O) groups is 1. The van der Waals surface area contributed by atoms with E-state index in [2.05, 4.69) is 15.6 Å². The van der Waals surface area contributed by atoms with E-state index in [1.807, 2.05) is 31.2 Å². The molecule has 2 aromatic rings. The van der Waals surface area contributed by atoms with E-state index in [9.17, 15) is 13.2 Å². The zero-order chi connectivity index (χ0) is 18.6. The number of sulfone groups is 1. The maximum atomic E-state index is 12.2. The number of pyridine rings is 1. The predicted octanol–water partition coefficient (Wildman–Crippen LogP) is 2.14. The van der Waals surface area contributed by atoms with Crippen LogP contribution in [0.2, 0.25) is 0 Å². The van der Waals surface area contributed by atoms with E-state index in [1.54, 1.807) is 18.3 Å². The molecule has 138 valence electrons. The Balaban J connectivity index is 1.58. The smallest absolute Gasteiger partial charge is 0.270 e. The second-order valence-electron chi connectivity index (χ2n) is 6.09. The second-order valence-corrected chi connectivity index (χ2v) is 8.32. The molecule has 1 fully saturated rings. The molecule has 26 heavy (non-hydrogen) atoms. The molecule has 3 rings (SSSR count). The molecule has 1 amide bonds. The van der Waals surface area contributed by atoms with E-state index in [0.29, 0.717) is 13.0 Å². The van der Waals surface area contributed by atoms with Crippen LogP contribution in [0.5, 0.6) is 5.75 Å². The van der Waals surface area contributed by atoms with Gasteiger partial charge in [0.05, 0.1) is 30.0 Å². The van der Waals surface area contributed by atoms with Crippen LogP contribution in [0.15, 0.2) is 42.6 Å². The first-order valence-corrected chi connectivity index (χ1v) is 10.2. The molecule has 0 saturated carbocycles. The highest BCUT2D eigenvalue weighted by Gasteiger charge is 2.29. The molecule has 1 aliphatic heterocycles. The molecule has 1 aliphatic rings. The van der Waals surface area contributed by atoms with E-state index < -0.39 is 9.84 Å². The van der Waals surface area contributed by atoms with Gasteiger partial charge in [-0.1, -0.05) is 0 Å². The molecule has 0 spiro atoms. The normalized spacial score (nSPS) is 18.3. The number of hydrogen-bond acceptors (Lipinski definition) is 6. The molecule has 0 bridgehead atoms. The van der Waals surface area contributed by atoms with E-state index in [0.717, 1.165) is 17.1 Å². The second kappa shape index (κ2) is 7.74. The van der Waals surface area contributed by atoms with E-state index in [4.69, 9.17) is 4.74 Å². The van der Waals surface area contributed by atoms with Gasteiger partial charge in [0.1, 0.15) is 11.4 Å². The zero-order valence-electron chi connectivity index (χ0n) is 14.4. The molecule has 0 radical (unpaired) electrons. The number of rotatable bonds is 6. The van der Waals surface area contributed by atoms with Gasteiger partial charge in [0.25, 0.3) is 5.91 Å². The van der Waals surface area contributed by atoms with Gasteiger partial charge in [0.2, 0.25) is 0 Å². The van der Waals surface area contributed by atoms with Crippen LogP contribution in [-0.2, 0) is 9.84 Å². The molecule has 1 aromatic heterocycles. The number of anilines is 2. The van der Waals surface area contributed by atoms with E-state index in [-0.39, 0.29) is 29.1 Å². The fourth-order valence-corrected chi connectivity index (χ4v) is 4.41. The number of nitrogens with zero attached hydrogens (tertiary/aromatic N) is 1. The lowest BCUT2D eigenvalue weighted by Crippen LogP contribution is -2.36. The van der Waals surface area contributed by atoms with Crippen molar-refractivity contribution in [3.63, 3.8) is 0 Å². The fraction of sp³-hybridized carbons (Fsp3) is 0.333. The number of amides is 1. The molecular weight excluding hydrogens is 354 g/mol. The fourth-order valence-electron chi connectivity index (χ4n) is 2.74. The average Bonchev–Trinajstić information content (AvgIpc) is 2.96. The van der Waals surface area contributed by atoms with Crippen molar-refractivity contribution in [2.24, 2.45) is 0 Å². The summed E-state index contributed by atoms with van der Waals surface area (Å²) in [5.41, 5.74) is 1.88. The standard InChI is InChI=1S/C18H21N3O4S/c1-2-25-16-6-3-13(4-7-16)20-14-5-8-17(19-11-14)18(22)21-15-9-10-26(23,24)12-15/h3-8,11,15,20H,2,9-10,12H2,1H3,(H,21,22). The predicted molar refractivity (Wildman–Crippen MR) is 99.7 cm³/mol. The van der Waals surface area contributed by atoms with Crippen LogP contribution in [0.25, 0.3) is 0 Å². The van der Waals surface area contributed by atoms with Crippen molar-refractivity contribution < 1.29 is 17.9 Å². The molecule has 2 heterocycles. The highest BCUT2D eigenvalue weighted by molar-refractivity contribution is 7.91. The Kier molecular flexibility index (Phi) is 5.41. The van der Waals surface area contributed by atoms with Gasteiger partial charge in [-0.2, -0.15) is 0 Å². The van der Waals surface area contributed by atoms with Crippen LogP contribution >= 0.6 is 0 Å². The Morgan fingerprint density at radius 2 is 1.92 bits per heavy atom. The summed E-state index contributed by atoms with van der Waals surface area (Å²) in [5, 5.41) is 5.92. The van der Waals surface area contributed by atoms with Crippen molar-refractivity contribution in [3.8, 4) is 5.75 Å². The third-order valence-electron chi connectivity index (χ3n) is 4.02. The van der Waals surface area contributed by atoms with Crippen LogP contribution in [0, 0.1) is 0 Å². The van der Waals surface area contributed by atoms with E-state index in [1.165, 1.54) is 0 Å². The van der Waals surface area contributed by atoms with Gasteiger partial charge < -0.3 is 15.4 Å². The van der Waals surface area contributed by atoms with Crippen molar-refractivity contribution in [2.45, 2.75) is 19.4 Å². The quantitative estimate of drug-likeness (QED) is 0.803. The Morgan fingerprint density at radius 3 is 2.50 bits per heavy atom. The third kappa shape index (κ3) is 4.72. The molecule has 1 atom stereocenters. The maximum absolute atomic E-state index is 12.2. The van der Waals surface area contributed by atoms with Gasteiger partial charge >= 0.3 is 0 Å². The summed E-state index contributed by atoms with van der Waals surface area (Å²) in [4.78, 5) is 16.3. The van der Waals surface area contributed by atoms with Crippen LogP contribution in [-0.4, -0.2) is 43.5 Å². The first-order valence-electron chi connectivity index (χ1n) is 8.42. The van der Waals surface area contributed by atoms with Gasteiger partial charge in [0, 0.05) is 11.7 Å². The SMILES string of the molecule is CCOc1ccc(Nc2ccc(C(=O)NC3CCS(=O)(=O)C3)nc2)cc1. The average molecular weight is 375 g/mol. The summed E-state index contributed by atoms with van der Waals surface area (Å²) in [7, 11) is -3.03. The Hall–Kier alpha value is -2.61. The number of benzene rings is 1. The summed E-state index contributed by atoms with van der Waals surface area (Å²) < 4.78 is 28.3. The highest BCUT2D eigenvalue weighted by atomic mass is 32.2. The molecule has 7 nitrogen and oxygen atoms in total. The van der Waals surface area contributed by atoms with Gasteiger partial charge in [-0.3, -0.25) is 4.79 Å². The lowest BCUT2D eigenvalue weighted by Gasteiger charge is -2.11. The van der Waals surface area contributed by atoms with E-state index >= 15 is 0 Å². The van der Waals surface area contributed by atoms with Crippen LogP contribution in [0.3, 0.4) is 0 Å². The number of aromatic nitrogens is 1. The lowest BCUT2D eigenvalue weighted by atomic mass is 10.2. The molecule has 1 saturated heterocycles. The maximum Gasteiger partial charge on any atom is 0.270 e. The molecular formula is C18H21N3O4S. The summed E-state index contributed by atoms with van der Waals surface area (Å²) in [6.07, 6.45) is 2.02. The van der Waals surface area contributed by atoms with Crippen LogP contribution in [0.4, 0.5) is 11.4 Å². The monoisotopic (exact) mass is 375 g/mol. The molecule has 2 N–H and O–H groups in total. The summed E-state index contributed by atoms with van der Waals surface area (Å²) in [6, 6.07) is 10.6. The molecule has 8 heteroatoms. The third-order valence-corrected chi connectivity index (χ3v) is 5.79. The molecule has 1 unspecified atom stereocenters. The largest absolute Gasteiger partial charge is 0.494 e. The van der Waals surface area contributed by atoms with Crippen molar-refractivity contribution in [3.05, 3.63) is 48.3 Å². The number of carbonyl (C=O) groups excluding carboxylic acids is 1. The summed E-state index contributed by atoms with van der Waals surface area (Å²) >= 11 is 0. The minimum Gasteiger partial charge on any atom is -0.494 e. The van der Waals surface area contributed by atoms with Gasteiger partial charge in [0.15, 0.2) is 9.84 Å². The Morgan fingerprint density at radius 1 is 1.19 bits per heavy atom. The Labute approximate surface area is 152 Å². The zero-order valence-corrected chi connectivity index (χ0v) is 15.3. The van der Waals surface area contributed by atoms with Crippen LogP contribution < -0.4 is 15.4 Å². The summed E-state index contributed by atoms with van der Waals surface area (Å²) in [6.45, 7) is 2.55. The van der Waals surface area contributed by atoms with Crippen molar-refractivity contribution in [2.75, 3.05) is 23.4 Å². The Bertz CT molecular complexity index is 864. The minimum atomic E-state index is -3.03. The van der Waals surface area contributed by atoms with Crippen LogP contribution in [0.1, 0.15) is 23.8 Å².